The van der Waals surface area contributed by atoms with Gasteiger partial charge in [0.2, 0.25) is 0 Å². The normalized spacial score (nSPS) is 16.0. The summed E-state index contributed by atoms with van der Waals surface area (Å²) in [6.45, 7) is 7.17. The van der Waals surface area contributed by atoms with Gasteiger partial charge in [-0.1, -0.05) is 13.0 Å². The van der Waals surface area contributed by atoms with Gasteiger partial charge in [-0.15, -0.1) is 0 Å². The Morgan fingerprint density at radius 3 is 2.68 bits per heavy atom. The summed E-state index contributed by atoms with van der Waals surface area (Å²) in [4.78, 5) is 14.6. The molecule has 0 saturated heterocycles. The number of nitrogens with one attached hydrogen (secondary N) is 1. The summed E-state index contributed by atoms with van der Waals surface area (Å²) in [6, 6.07) is 13.2. The lowest BCUT2D eigenvalue weighted by molar-refractivity contribution is 0.188. The lowest BCUT2D eigenvalue weighted by atomic mass is 10.1. The van der Waals surface area contributed by atoms with E-state index in [1.165, 1.54) is 0 Å². The zero-order chi connectivity index (χ0) is 17.8. The molecule has 1 aliphatic rings. The summed E-state index contributed by atoms with van der Waals surface area (Å²) in [7, 11) is 0. The van der Waals surface area contributed by atoms with Crippen LogP contribution in [0.2, 0.25) is 0 Å². The van der Waals surface area contributed by atoms with Crippen molar-refractivity contribution in [1.29, 1.82) is 0 Å². The molecule has 0 bridgehead atoms. The Morgan fingerprint density at radius 2 is 2.00 bits per heavy atom. The molecule has 0 fully saturated rings. The second kappa shape index (κ2) is 7.47. The number of rotatable bonds is 4. The first-order chi connectivity index (χ1) is 12.1. The zero-order valence-electron chi connectivity index (χ0n) is 14.9. The van der Waals surface area contributed by atoms with E-state index in [1.807, 2.05) is 56.3 Å². The van der Waals surface area contributed by atoms with Gasteiger partial charge in [0.25, 0.3) is 0 Å². The van der Waals surface area contributed by atoms with Crippen LogP contribution in [0.4, 0.5) is 16.2 Å². The standard InChI is InChI=1S/C20H24N2O3/c1-4-16-13-22(18-12-14(3)6-11-19(18)25-16)20(23)21-15-7-9-17(10-8-15)24-5-2/h6-12,16H,4-5,13H2,1-3H3,(H,21,23)/t16-/m1/s1. The van der Waals surface area contributed by atoms with Crippen LogP contribution >= 0.6 is 0 Å². The van der Waals surface area contributed by atoms with Crippen LogP contribution < -0.4 is 19.7 Å². The minimum absolute atomic E-state index is 0.00119. The van der Waals surface area contributed by atoms with Crippen LogP contribution in [-0.2, 0) is 0 Å². The van der Waals surface area contributed by atoms with Crippen LogP contribution in [-0.4, -0.2) is 25.3 Å². The Bertz CT molecular complexity index is 743. The number of carbonyl (C=O) groups excluding carboxylic acids is 1. The second-order valence-corrected chi connectivity index (χ2v) is 6.12. The molecule has 0 unspecified atom stereocenters. The zero-order valence-corrected chi connectivity index (χ0v) is 14.9. The Labute approximate surface area is 148 Å². The van der Waals surface area contributed by atoms with Crippen LogP contribution in [0.25, 0.3) is 0 Å². The SMILES string of the molecule is CCOc1ccc(NC(=O)N2C[C@@H](CC)Oc3ccc(C)cc32)cc1. The van der Waals surface area contributed by atoms with E-state index in [1.54, 1.807) is 4.90 Å². The molecule has 0 saturated carbocycles. The van der Waals surface area contributed by atoms with Crippen LogP contribution in [0.5, 0.6) is 11.5 Å². The third-order valence-corrected chi connectivity index (χ3v) is 4.20. The molecular weight excluding hydrogens is 316 g/mol. The van der Waals surface area contributed by atoms with Crippen LogP contribution in [0, 0.1) is 6.92 Å². The van der Waals surface area contributed by atoms with Gasteiger partial charge in [0.15, 0.2) is 0 Å². The lowest BCUT2D eigenvalue weighted by Crippen LogP contribution is -2.45. The highest BCUT2D eigenvalue weighted by molar-refractivity contribution is 6.03. The first-order valence-corrected chi connectivity index (χ1v) is 8.69. The highest BCUT2D eigenvalue weighted by Gasteiger charge is 2.29. The van der Waals surface area contributed by atoms with Crippen molar-refractivity contribution < 1.29 is 14.3 Å². The Hall–Kier alpha value is -2.69. The highest BCUT2D eigenvalue weighted by atomic mass is 16.5. The fourth-order valence-electron chi connectivity index (χ4n) is 2.85. The molecule has 5 heteroatoms. The minimum atomic E-state index is -0.155. The van der Waals surface area contributed by atoms with Gasteiger partial charge in [-0.05, 0) is 62.2 Å². The van der Waals surface area contributed by atoms with Crippen molar-refractivity contribution in [3.05, 3.63) is 48.0 Å². The van der Waals surface area contributed by atoms with E-state index in [-0.39, 0.29) is 12.1 Å². The predicted molar refractivity (Wildman–Crippen MR) is 99.9 cm³/mol. The number of anilines is 2. The molecule has 25 heavy (non-hydrogen) atoms. The van der Waals surface area contributed by atoms with Gasteiger partial charge in [-0.2, -0.15) is 0 Å². The summed E-state index contributed by atoms with van der Waals surface area (Å²) in [5.74, 6) is 1.55. The summed E-state index contributed by atoms with van der Waals surface area (Å²) >= 11 is 0. The summed E-state index contributed by atoms with van der Waals surface area (Å²) in [6.07, 6.45) is 0.849. The van der Waals surface area contributed by atoms with Gasteiger partial charge in [0, 0.05) is 5.69 Å². The predicted octanol–water partition coefficient (Wildman–Crippen LogP) is 4.60. The average molecular weight is 340 g/mol. The van der Waals surface area contributed by atoms with E-state index in [0.717, 1.165) is 34.9 Å². The fraction of sp³-hybridized carbons (Fsp3) is 0.350. The molecule has 0 spiro atoms. The van der Waals surface area contributed by atoms with Crippen molar-refractivity contribution in [2.75, 3.05) is 23.4 Å². The summed E-state index contributed by atoms with van der Waals surface area (Å²) in [5, 5.41) is 2.96. The quantitative estimate of drug-likeness (QED) is 0.885. The monoisotopic (exact) mass is 340 g/mol. The van der Waals surface area contributed by atoms with Gasteiger partial charge in [0.05, 0.1) is 18.8 Å². The smallest absolute Gasteiger partial charge is 0.326 e. The molecular formula is C20H24N2O3. The lowest BCUT2D eigenvalue weighted by Gasteiger charge is -2.34. The fourth-order valence-corrected chi connectivity index (χ4v) is 2.85. The molecule has 0 aliphatic carbocycles. The molecule has 0 radical (unpaired) electrons. The number of carbonyl (C=O) groups is 1. The molecule has 0 aromatic heterocycles. The minimum Gasteiger partial charge on any atom is -0.494 e. The number of amides is 2. The van der Waals surface area contributed by atoms with E-state index in [2.05, 4.69) is 12.2 Å². The number of urea groups is 1. The van der Waals surface area contributed by atoms with E-state index in [0.29, 0.717) is 13.2 Å². The maximum Gasteiger partial charge on any atom is 0.326 e. The van der Waals surface area contributed by atoms with Crippen molar-refractivity contribution in [2.45, 2.75) is 33.3 Å². The van der Waals surface area contributed by atoms with Crippen molar-refractivity contribution >= 4 is 17.4 Å². The van der Waals surface area contributed by atoms with Gasteiger partial charge >= 0.3 is 6.03 Å². The van der Waals surface area contributed by atoms with E-state index in [4.69, 9.17) is 9.47 Å². The third-order valence-electron chi connectivity index (χ3n) is 4.20. The molecule has 132 valence electrons. The van der Waals surface area contributed by atoms with Crippen LogP contribution in [0.1, 0.15) is 25.8 Å². The van der Waals surface area contributed by atoms with Gasteiger partial charge in [-0.3, -0.25) is 4.90 Å². The number of ether oxygens (including phenoxy) is 2. The van der Waals surface area contributed by atoms with E-state index in [9.17, 15) is 4.79 Å². The summed E-state index contributed by atoms with van der Waals surface area (Å²) < 4.78 is 11.4. The molecule has 2 aromatic rings. The molecule has 3 rings (SSSR count). The van der Waals surface area contributed by atoms with Gasteiger partial charge < -0.3 is 14.8 Å². The maximum absolute atomic E-state index is 12.8. The number of nitrogens with zero attached hydrogens (tertiary/aromatic N) is 1. The van der Waals surface area contributed by atoms with Crippen LogP contribution in [0.15, 0.2) is 42.5 Å². The van der Waals surface area contributed by atoms with E-state index < -0.39 is 0 Å². The second-order valence-electron chi connectivity index (χ2n) is 6.12. The maximum atomic E-state index is 12.8. The molecule has 2 amide bonds. The van der Waals surface area contributed by atoms with Crippen molar-refractivity contribution in [2.24, 2.45) is 0 Å². The van der Waals surface area contributed by atoms with Crippen molar-refractivity contribution in [1.82, 2.24) is 0 Å². The Morgan fingerprint density at radius 1 is 1.24 bits per heavy atom. The number of hydrogen-bond acceptors (Lipinski definition) is 3. The molecule has 1 aliphatic heterocycles. The van der Waals surface area contributed by atoms with Gasteiger partial charge in [-0.25, -0.2) is 4.79 Å². The van der Waals surface area contributed by atoms with Gasteiger partial charge in [0.1, 0.15) is 17.6 Å². The number of aryl methyl sites for hydroxylation is 1. The number of benzene rings is 2. The largest absolute Gasteiger partial charge is 0.494 e. The van der Waals surface area contributed by atoms with E-state index >= 15 is 0 Å². The Balaban J connectivity index is 1.80. The Kier molecular flexibility index (Phi) is 5.12. The molecule has 1 heterocycles. The third kappa shape index (κ3) is 3.87. The molecule has 1 N–H and O–H groups in total. The number of hydrogen-bond donors (Lipinski definition) is 1. The molecule has 1 atom stereocenters. The summed E-state index contributed by atoms with van der Waals surface area (Å²) in [5.41, 5.74) is 2.64. The van der Waals surface area contributed by atoms with Crippen LogP contribution in [0.3, 0.4) is 0 Å². The first kappa shape index (κ1) is 17.1. The average Bonchev–Trinajstić information content (AvgIpc) is 2.62. The molecule has 2 aromatic carbocycles. The first-order valence-electron chi connectivity index (χ1n) is 8.69. The topological polar surface area (TPSA) is 50.8 Å². The van der Waals surface area contributed by atoms with Crippen molar-refractivity contribution in [3.8, 4) is 11.5 Å². The van der Waals surface area contributed by atoms with Crippen molar-refractivity contribution in [3.63, 3.8) is 0 Å². The number of fused-ring (bicyclic) bond motifs is 1. The highest BCUT2D eigenvalue weighted by Crippen LogP contribution is 2.35. The molecule has 5 nitrogen and oxygen atoms in total.